The Morgan fingerprint density at radius 3 is 2.58 bits per heavy atom. The number of para-hydroxylation sites is 1. The van der Waals surface area contributed by atoms with Crippen molar-refractivity contribution in [1.82, 2.24) is 5.01 Å². The van der Waals surface area contributed by atoms with Gasteiger partial charge in [0.15, 0.2) is 23.1 Å². The second-order valence-electron chi connectivity index (χ2n) is 7.40. The Kier molecular flexibility index (Phi) is 4.73. The normalized spacial score (nSPS) is 19.2. The molecule has 0 bridgehead atoms. The summed E-state index contributed by atoms with van der Waals surface area (Å²) in [6.07, 6.45) is -0.108. The number of halogens is 2. The number of hydrogen-bond donors (Lipinski definition) is 0. The van der Waals surface area contributed by atoms with Crippen LogP contribution in [0.15, 0.2) is 65.8 Å². The second kappa shape index (κ2) is 7.58. The van der Waals surface area contributed by atoms with Crippen LogP contribution in [0.5, 0.6) is 17.2 Å². The molecule has 158 valence electrons. The Morgan fingerprint density at radius 2 is 1.81 bits per heavy atom. The first-order valence-corrected chi connectivity index (χ1v) is 9.88. The van der Waals surface area contributed by atoms with Crippen molar-refractivity contribution in [3.05, 3.63) is 89.0 Å². The van der Waals surface area contributed by atoms with Crippen molar-refractivity contribution in [2.45, 2.75) is 18.7 Å². The molecule has 3 aromatic rings. The molecule has 0 unspecified atom stereocenters. The van der Waals surface area contributed by atoms with Crippen molar-refractivity contribution in [3.63, 3.8) is 0 Å². The van der Waals surface area contributed by atoms with Crippen molar-refractivity contribution in [2.24, 2.45) is 5.10 Å². The monoisotopic (exact) mass is 422 g/mol. The number of methoxy groups -OCH3 is 2. The predicted molar refractivity (Wildman–Crippen MR) is 111 cm³/mol. The highest BCUT2D eigenvalue weighted by Gasteiger charge is 2.42. The second-order valence-corrected chi connectivity index (χ2v) is 7.40. The zero-order chi connectivity index (χ0) is 21.5. The van der Waals surface area contributed by atoms with Gasteiger partial charge in [0.1, 0.15) is 5.75 Å². The van der Waals surface area contributed by atoms with Crippen molar-refractivity contribution in [2.75, 3.05) is 14.2 Å². The van der Waals surface area contributed by atoms with E-state index in [2.05, 4.69) is 0 Å². The van der Waals surface area contributed by atoms with E-state index in [0.29, 0.717) is 23.5 Å². The number of hydrogen-bond acceptors (Lipinski definition) is 5. The van der Waals surface area contributed by atoms with Crippen LogP contribution >= 0.6 is 0 Å². The molecule has 0 aliphatic carbocycles. The van der Waals surface area contributed by atoms with Crippen LogP contribution in [0.1, 0.15) is 35.4 Å². The predicted octanol–water partition coefficient (Wildman–Crippen LogP) is 5.22. The minimum Gasteiger partial charge on any atom is -0.497 e. The first kappa shape index (κ1) is 19.4. The summed E-state index contributed by atoms with van der Waals surface area (Å²) < 4.78 is 44.7. The molecule has 0 N–H and O–H groups in total. The summed E-state index contributed by atoms with van der Waals surface area (Å²) in [4.78, 5) is 0. The lowest BCUT2D eigenvalue weighted by molar-refractivity contribution is -0.0211. The fourth-order valence-electron chi connectivity index (χ4n) is 4.11. The first-order chi connectivity index (χ1) is 15.1. The first-order valence-electron chi connectivity index (χ1n) is 9.88. The molecule has 2 aliphatic rings. The average Bonchev–Trinajstić information content (AvgIpc) is 3.26. The SMILES string of the molecule is COc1cccc(C2=NN3[C@H](C2)c2cccc(OC)c2O[C@@H]3c2ccc(F)c(F)c2)c1. The highest BCUT2D eigenvalue weighted by molar-refractivity contribution is 6.02. The Bertz CT molecular complexity index is 1180. The summed E-state index contributed by atoms with van der Waals surface area (Å²) in [5.74, 6) is 0.0685. The molecular weight excluding hydrogens is 402 g/mol. The zero-order valence-corrected chi connectivity index (χ0v) is 17.0. The molecule has 3 aromatic carbocycles. The van der Waals surface area contributed by atoms with Crippen LogP contribution in [-0.2, 0) is 0 Å². The van der Waals surface area contributed by atoms with E-state index in [1.165, 1.54) is 6.07 Å². The van der Waals surface area contributed by atoms with Crippen LogP contribution in [0, 0.1) is 11.6 Å². The molecule has 2 aliphatic heterocycles. The van der Waals surface area contributed by atoms with E-state index in [0.717, 1.165) is 34.7 Å². The molecular formula is C24H20F2N2O3. The van der Waals surface area contributed by atoms with Crippen molar-refractivity contribution >= 4 is 5.71 Å². The van der Waals surface area contributed by atoms with Crippen LogP contribution in [0.4, 0.5) is 8.78 Å². The molecule has 31 heavy (non-hydrogen) atoms. The number of benzene rings is 3. The van der Waals surface area contributed by atoms with Crippen LogP contribution in [-0.4, -0.2) is 24.9 Å². The Balaban J connectivity index is 1.62. The standard InChI is InChI=1S/C24H20F2N2O3/c1-29-16-6-3-5-14(11-16)20-13-21-17-7-4-8-22(30-2)23(17)31-24(28(21)27-20)15-9-10-18(25)19(26)12-15/h3-12,21,24H,13H2,1-2H3/t21-,24-/m1/s1. The molecule has 0 fully saturated rings. The third kappa shape index (κ3) is 3.26. The minimum atomic E-state index is -0.931. The van der Waals surface area contributed by atoms with E-state index in [9.17, 15) is 8.78 Å². The maximum Gasteiger partial charge on any atom is 0.214 e. The molecule has 0 saturated heterocycles. The van der Waals surface area contributed by atoms with Gasteiger partial charge in [-0.3, -0.25) is 0 Å². The van der Waals surface area contributed by atoms with Gasteiger partial charge in [0.2, 0.25) is 6.23 Å². The summed E-state index contributed by atoms with van der Waals surface area (Å²) in [5, 5.41) is 6.64. The quantitative estimate of drug-likeness (QED) is 0.578. The van der Waals surface area contributed by atoms with Gasteiger partial charge in [0, 0.05) is 23.1 Å². The molecule has 0 aromatic heterocycles. The van der Waals surface area contributed by atoms with Gasteiger partial charge in [0.05, 0.1) is 26.0 Å². The number of fused-ring (bicyclic) bond motifs is 3. The van der Waals surface area contributed by atoms with E-state index < -0.39 is 17.9 Å². The van der Waals surface area contributed by atoms with E-state index >= 15 is 0 Å². The minimum absolute atomic E-state index is 0.141. The smallest absolute Gasteiger partial charge is 0.214 e. The highest BCUT2D eigenvalue weighted by Crippen LogP contribution is 2.50. The fraction of sp³-hybridized carbons (Fsp3) is 0.208. The van der Waals surface area contributed by atoms with Crippen LogP contribution < -0.4 is 14.2 Å². The Morgan fingerprint density at radius 1 is 0.968 bits per heavy atom. The number of hydrazone groups is 1. The van der Waals surface area contributed by atoms with Gasteiger partial charge in [-0.15, -0.1) is 0 Å². The molecule has 0 saturated carbocycles. The molecule has 0 spiro atoms. The lowest BCUT2D eigenvalue weighted by Gasteiger charge is -2.38. The summed E-state index contributed by atoms with van der Waals surface area (Å²) >= 11 is 0. The number of ether oxygens (including phenoxy) is 3. The summed E-state index contributed by atoms with van der Waals surface area (Å²) in [7, 11) is 3.19. The van der Waals surface area contributed by atoms with Gasteiger partial charge in [-0.25, -0.2) is 13.8 Å². The van der Waals surface area contributed by atoms with E-state index in [1.807, 2.05) is 47.5 Å². The van der Waals surface area contributed by atoms with E-state index in [4.69, 9.17) is 19.3 Å². The largest absolute Gasteiger partial charge is 0.497 e. The molecule has 5 rings (SSSR count). The molecule has 0 radical (unpaired) electrons. The highest BCUT2D eigenvalue weighted by atomic mass is 19.2. The maximum atomic E-state index is 14.0. The number of nitrogens with zero attached hydrogens (tertiary/aromatic N) is 2. The summed E-state index contributed by atoms with van der Waals surface area (Å²) in [6.45, 7) is 0. The fourth-order valence-corrected chi connectivity index (χ4v) is 4.11. The average molecular weight is 422 g/mol. The lowest BCUT2D eigenvalue weighted by atomic mass is 9.95. The number of rotatable bonds is 4. The van der Waals surface area contributed by atoms with Crippen molar-refractivity contribution in [1.29, 1.82) is 0 Å². The third-order valence-corrected chi connectivity index (χ3v) is 5.63. The van der Waals surface area contributed by atoms with Gasteiger partial charge in [0.25, 0.3) is 0 Å². The van der Waals surface area contributed by atoms with Gasteiger partial charge < -0.3 is 14.2 Å². The molecule has 2 atom stereocenters. The molecule has 0 amide bonds. The van der Waals surface area contributed by atoms with Crippen LogP contribution in [0.2, 0.25) is 0 Å². The van der Waals surface area contributed by atoms with Crippen LogP contribution in [0.3, 0.4) is 0 Å². The topological polar surface area (TPSA) is 43.3 Å². The molecule has 5 nitrogen and oxygen atoms in total. The maximum absolute atomic E-state index is 14.0. The third-order valence-electron chi connectivity index (χ3n) is 5.63. The van der Waals surface area contributed by atoms with Gasteiger partial charge in [-0.2, -0.15) is 5.10 Å². The van der Waals surface area contributed by atoms with E-state index in [1.54, 1.807) is 14.2 Å². The van der Waals surface area contributed by atoms with Crippen molar-refractivity contribution < 1.29 is 23.0 Å². The zero-order valence-electron chi connectivity index (χ0n) is 17.0. The van der Waals surface area contributed by atoms with Crippen molar-refractivity contribution in [3.8, 4) is 17.2 Å². The van der Waals surface area contributed by atoms with Gasteiger partial charge >= 0.3 is 0 Å². The summed E-state index contributed by atoms with van der Waals surface area (Å²) in [6, 6.07) is 17.0. The molecule has 7 heteroatoms. The molecule has 2 heterocycles. The van der Waals surface area contributed by atoms with Crippen LogP contribution in [0.25, 0.3) is 0 Å². The van der Waals surface area contributed by atoms with Gasteiger partial charge in [-0.1, -0.05) is 30.3 Å². The Labute approximate surface area is 178 Å². The van der Waals surface area contributed by atoms with E-state index in [-0.39, 0.29) is 6.04 Å². The lowest BCUT2D eigenvalue weighted by Crippen LogP contribution is -2.34. The van der Waals surface area contributed by atoms with Gasteiger partial charge in [-0.05, 0) is 30.3 Å². The Hall–Kier alpha value is -3.61. The summed E-state index contributed by atoms with van der Waals surface area (Å²) in [5.41, 5.74) is 3.19.